The van der Waals surface area contributed by atoms with Crippen molar-refractivity contribution >= 4 is 33.2 Å². The summed E-state index contributed by atoms with van der Waals surface area (Å²) in [5, 5.41) is 5.67. The van der Waals surface area contributed by atoms with Crippen LogP contribution in [0.1, 0.15) is 43.6 Å². The maximum atomic E-state index is 12.8. The van der Waals surface area contributed by atoms with E-state index in [1.165, 1.54) is 11.3 Å². The molecule has 3 rings (SSSR count). The smallest absolute Gasteiger partial charge is 0.252 e. The summed E-state index contributed by atoms with van der Waals surface area (Å²) in [6, 6.07) is 12.1. The van der Waals surface area contributed by atoms with Crippen LogP contribution in [0, 0.1) is 5.92 Å². The van der Waals surface area contributed by atoms with Crippen molar-refractivity contribution in [1.29, 1.82) is 0 Å². The van der Waals surface area contributed by atoms with Gasteiger partial charge < -0.3 is 10.6 Å². The van der Waals surface area contributed by atoms with Crippen LogP contribution in [-0.2, 0) is 32.6 Å². The molecule has 2 aromatic rings. The number of carbonyl (C=O) groups is 2. The molecule has 1 aliphatic heterocycles. The molecule has 2 heterocycles. The Morgan fingerprint density at radius 2 is 1.72 bits per heavy atom. The van der Waals surface area contributed by atoms with Crippen LogP contribution in [0.3, 0.4) is 0 Å². The van der Waals surface area contributed by atoms with E-state index in [0.29, 0.717) is 17.3 Å². The largest absolute Gasteiger partial charge is 0.349 e. The molecule has 0 aliphatic carbocycles. The predicted molar refractivity (Wildman–Crippen MR) is 126 cm³/mol. The van der Waals surface area contributed by atoms with Gasteiger partial charge >= 0.3 is 0 Å². The van der Waals surface area contributed by atoms with E-state index in [0.717, 1.165) is 29.7 Å². The summed E-state index contributed by atoms with van der Waals surface area (Å²) in [6.45, 7) is 5.09. The minimum atomic E-state index is -3.47. The maximum Gasteiger partial charge on any atom is 0.252 e. The van der Waals surface area contributed by atoms with Crippen LogP contribution < -0.4 is 10.6 Å². The first-order chi connectivity index (χ1) is 15.3. The second-order valence-electron chi connectivity index (χ2n) is 8.35. The minimum Gasteiger partial charge on any atom is -0.349 e. The highest BCUT2D eigenvalue weighted by molar-refractivity contribution is 7.91. The average Bonchev–Trinajstić information content (AvgIpc) is 3.27. The Labute approximate surface area is 194 Å². The number of thiophene rings is 1. The number of sulfonamides is 1. The zero-order valence-corrected chi connectivity index (χ0v) is 20.2. The number of carbonyl (C=O) groups excluding carboxylic acids is 2. The van der Waals surface area contributed by atoms with E-state index >= 15 is 0 Å². The fourth-order valence-corrected chi connectivity index (χ4v) is 6.62. The van der Waals surface area contributed by atoms with Gasteiger partial charge in [0.05, 0.1) is 13.0 Å². The van der Waals surface area contributed by atoms with Gasteiger partial charge in [0, 0.05) is 18.0 Å². The highest BCUT2D eigenvalue weighted by atomic mass is 32.2. The van der Waals surface area contributed by atoms with Crippen LogP contribution in [0.25, 0.3) is 0 Å². The first kappa shape index (κ1) is 24.4. The van der Waals surface area contributed by atoms with Crippen molar-refractivity contribution in [2.45, 2.75) is 56.3 Å². The van der Waals surface area contributed by atoms with E-state index in [1.54, 1.807) is 16.4 Å². The van der Waals surface area contributed by atoms with Crippen LogP contribution in [0.2, 0.25) is 0 Å². The third kappa shape index (κ3) is 6.40. The number of hydrogen-bond donors (Lipinski definition) is 2. The van der Waals surface area contributed by atoms with Crippen molar-refractivity contribution < 1.29 is 18.0 Å². The van der Waals surface area contributed by atoms with Gasteiger partial charge in [-0.2, -0.15) is 4.31 Å². The van der Waals surface area contributed by atoms with Gasteiger partial charge in [0.25, 0.3) is 10.0 Å². The first-order valence-electron chi connectivity index (χ1n) is 11.0. The molecule has 1 aromatic heterocycles. The molecule has 174 valence electrons. The van der Waals surface area contributed by atoms with Crippen LogP contribution >= 0.6 is 11.3 Å². The number of benzene rings is 1. The minimum absolute atomic E-state index is 0.0897. The number of piperidine rings is 1. The molecule has 1 saturated heterocycles. The molecule has 1 unspecified atom stereocenters. The summed E-state index contributed by atoms with van der Waals surface area (Å²) in [5.41, 5.74) is 0.883. The standard InChI is InChI=1S/C23H31N3O4S2/c1-17(2)22(25-20(27)15-18-9-5-3-6-10-18)23(28)24-16-19-11-12-21(31-19)32(29,30)26-13-7-4-8-14-26/h3,5-6,9-12,17,22H,4,7-8,13-16H2,1-2H3,(H,24,28)(H,25,27). The fourth-order valence-electron chi connectivity index (χ4n) is 3.65. The van der Waals surface area contributed by atoms with Gasteiger partial charge in [-0.1, -0.05) is 50.6 Å². The van der Waals surface area contributed by atoms with Crippen molar-refractivity contribution in [3.05, 3.63) is 52.9 Å². The molecule has 1 aromatic carbocycles. The SMILES string of the molecule is CC(C)C(NC(=O)Cc1ccccc1)C(=O)NCc1ccc(S(=O)(=O)N2CCCCC2)s1. The van der Waals surface area contributed by atoms with Gasteiger partial charge in [0.15, 0.2) is 0 Å². The monoisotopic (exact) mass is 477 g/mol. The molecule has 1 aliphatic rings. The summed E-state index contributed by atoms with van der Waals surface area (Å²) >= 11 is 1.18. The molecule has 32 heavy (non-hydrogen) atoms. The zero-order chi connectivity index (χ0) is 23.1. The lowest BCUT2D eigenvalue weighted by atomic mass is 10.0. The van der Waals surface area contributed by atoms with Gasteiger partial charge in [-0.05, 0) is 36.5 Å². The Hall–Kier alpha value is -2.23. The van der Waals surface area contributed by atoms with E-state index in [2.05, 4.69) is 10.6 Å². The first-order valence-corrected chi connectivity index (χ1v) is 13.2. The number of amides is 2. The lowest BCUT2D eigenvalue weighted by Gasteiger charge is -2.25. The molecular formula is C23H31N3O4S2. The van der Waals surface area contributed by atoms with Crippen molar-refractivity contribution in [1.82, 2.24) is 14.9 Å². The summed E-state index contributed by atoms with van der Waals surface area (Å²) < 4.78 is 27.5. The Balaban J connectivity index is 1.56. The van der Waals surface area contributed by atoms with E-state index in [9.17, 15) is 18.0 Å². The topological polar surface area (TPSA) is 95.6 Å². The van der Waals surface area contributed by atoms with Gasteiger partial charge in [0.2, 0.25) is 11.8 Å². The summed E-state index contributed by atoms with van der Waals surface area (Å²) in [7, 11) is -3.47. The Morgan fingerprint density at radius 1 is 1.03 bits per heavy atom. The van der Waals surface area contributed by atoms with Crippen LogP contribution in [0.4, 0.5) is 0 Å². The molecular weight excluding hydrogens is 446 g/mol. The van der Waals surface area contributed by atoms with Gasteiger partial charge in [-0.25, -0.2) is 8.42 Å². The molecule has 0 saturated carbocycles. The van der Waals surface area contributed by atoms with E-state index in [4.69, 9.17) is 0 Å². The van der Waals surface area contributed by atoms with Gasteiger partial charge in [0.1, 0.15) is 10.3 Å². The van der Waals surface area contributed by atoms with Crippen LogP contribution in [0.15, 0.2) is 46.7 Å². The van der Waals surface area contributed by atoms with Crippen molar-refractivity contribution in [2.24, 2.45) is 5.92 Å². The third-order valence-corrected chi connectivity index (χ3v) is 8.91. The molecule has 0 radical (unpaired) electrons. The molecule has 0 spiro atoms. The van der Waals surface area contributed by atoms with E-state index in [1.807, 2.05) is 44.2 Å². The molecule has 1 atom stereocenters. The second-order valence-corrected chi connectivity index (χ2v) is 11.7. The summed E-state index contributed by atoms with van der Waals surface area (Å²) in [6.07, 6.45) is 3.05. The maximum absolute atomic E-state index is 12.8. The van der Waals surface area contributed by atoms with Crippen LogP contribution in [0.5, 0.6) is 0 Å². The quantitative estimate of drug-likeness (QED) is 0.581. The number of rotatable bonds is 9. The Bertz CT molecular complexity index is 1010. The Morgan fingerprint density at radius 3 is 2.38 bits per heavy atom. The van der Waals surface area contributed by atoms with Crippen molar-refractivity contribution in [2.75, 3.05) is 13.1 Å². The fraction of sp³-hybridized carbons (Fsp3) is 0.478. The van der Waals surface area contributed by atoms with Crippen LogP contribution in [-0.4, -0.2) is 43.7 Å². The molecule has 0 bridgehead atoms. The lowest BCUT2D eigenvalue weighted by Crippen LogP contribution is -2.49. The molecule has 7 nitrogen and oxygen atoms in total. The third-order valence-electron chi connectivity index (χ3n) is 5.46. The number of nitrogens with one attached hydrogen (secondary N) is 2. The average molecular weight is 478 g/mol. The molecule has 1 fully saturated rings. The van der Waals surface area contributed by atoms with E-state index < -0.39 is 16.1 Å². The normalized spacial score (nSPS) is 16.0. The lowest BCUT2D eigenvalue weighted by molar-refractivity contribution is -0.129. The summed E-state index contributed by atoms with van der Waals surface area (Å²) in [5.74, 6) is -0.584. The van der Waals surface area contributed by atoms with Crippen molar-refractivity contribution in [3.63, 3.8) is 0 Å². The highest BCUT2D eigenvalue weighted by Gasteiger charge is 2.28. The molecule has 2 N–H and O–H groups in total. The predicted octanol–water partition coefficient (Wildman–Crippen LogP) is 2.92. The number of hydrogen-bond acceptors (Lipinski definition) is 5. The highest BCUT2D eigenvalue weighted by Crippen LogP contribution is 2.27. The molecule has 2 amide bonds. The number of nitrogens with zero attached hydrogens (tertiary/aromatic N) is 1. The van der Waals surface area contributed by atoms with Gasteiger partial charge in [-0.15, -0.1) is 11.3 Å². The second kappa shape index (κ2) is 11.1. The van der Waals surface area contributed by atoms with E-state index in [-0.39, 0.29) is 30.7 Å². The zero-order valence-electron chi connectivity index (χ0n) is 18.5. The van der Waals surface area contributed by atoms with Gasteiger partial charge in [-0.3, -0.25) is 9.59 Å². The Kier molecular flexibility index (Phi) is 8.44. The van der Waals surface area contributed by atoms with Crippen molar-refractivity contribution in [3.8, 4) is 0 Å². The molecule has 9 heteroatoms. The summed E-state index contributed by atoms with van der Waals surface area (Å²) in [4.78, 5) is 25.9.